The van der Waals surface area contributed by atoms with Gasteiger partial charge in [-0.2, -0.15) is 0 Å². The topological polar surface area (TPSA) is 43.1 Å². The van der Waals surface area contributed by atoms with E-state index in [1.165, 1.54) is 51.4 Å². The van der Waals surface area contributed by atoms with Gasteiger partial charge in [-0.05, 0) is 73.3 Å². The Hall–Kier alpha value is -1.31. The molecule has 0 radical (unpaired) electrons. The number of hydrogen-bond acceptors (Lipinski definition) is 1. The van der Waals surface area contributed by atoms with Crippen molar-refractivity contribution in [2.45, 2.75) is 77.6 Å². The summed E-state index contributed by atoms with van der Waals surface area (Å²) in [4.78, 5) is 11.1. The molecule has 0 saturated heterocycles. The van der Waals surface area contributed by atoms with Gasteiger partial charge < -0.3 is 5.73 Å². The Morgan fingerprint density at radius 3 is 2.96 bits per heavy atom. The Morgan fingerprint density at radius 2 is 2.12 bits per heavy atom. The third kappa shape index (κ3) is 2.82. The smallest absolute Gasteiger partial charge is 0.217 e. The van der Waals surface area contributed by atoms with Crippen LogP contribution in [0.4, 0.5) is 0 Å². The van der Waals surface area contributed by atoms with Gasteiger partial charge in [0.15, 0.2) is 0 Å². The van der Waals surface area contributed by atoms with Gasteiger partial charge in [-0.3, -0.25) is 4.79 Å². The van der Waals surface area contributed by atoms with Crippen molar-refractivity contribution in [2.24, 2.45) is 28.4 Å². The first-order valence-corrected chi connectivity index (χ1v) is 10.4. The molecule has 0 spiro atoms. The predicted molar refractivity (Wildman–Crippen MR) is 103 cm³/mol. The molecule has 4 aliphatic carbocycles. The number of amides is 1. The van der Waals surface area contributed by atoms with Crippen molar-refractivity contribution in [3.8, 4) is 0 Å². The van der Waals surface area contributed by atoms with Crippen molar-refractivity contribution in [3.05, 3.63) is 35.5 Å². The number of hydrogen-bond donors (Lipinski definition) is 1. The van der Waals surface area contributed by atoms with Gasteiger partial charge >= 0.3 is 0 Å². The lowest BCUT2D eigenvalue weighted by Crippen LogP contribution is -2.46. The fourth-order valence-electron chi connectivity index (χ4n) is 6.59. The molecule has 0 bridgehead atoms. The van der Waals surface area contributed by atoms with E-state index in [4.69, 9.17) is 5.73 Å². The molecule has 25 heavy (non-hydrogen) atoms. The molecular weight excluding hydrogens is 306 g/mol. The summed E-state index contributed by atoms with van der Waals surface area (Å²) in [6.45, 7) is 2.42. The van der Waals surface area contributed by atoms with Crippen LogP contribution >= 0.6 is 0 Å². The lowest BCUT2D eigenvalue weighted by atomic mass is 9.48. The molecule has 4 atom stereocenters. The van der Waals surface area contributed by atoms with E-state index in [0.717, 1.165) is 24.7 Å². The first kappa shape index (κ1) is 17.1. The zero-order valence-corrected chi connectivity index (χ0v) is 15.7. The molecule has 2 fully saturated rings. The largest absolute Gasteiger partial charge is 0.370 e. The van der Waals surface area contributed by atoms with Crippen LogP contribution in [0, 0.1) is 22.7 Å². The lowest BCUT2D eigenvalue weighted by molar-refractivity contribution is -0.118. The zero-order chi connectivity index (χ0) is 17.5. The van der Waals surface area contributed by atoms with E-state index in [2.05, 4.69) is 31.2 Å². The molecule has 2 N–H and O–H groups in total. The predicted octanol–water partition coefficient (Wildman–Crippen LogP) is 5.45. The van der Waals surface area contributed by atoms with Crippen molar-refractivity contribution >= 4 is 5.91 Å². The summed E-state index contributed by atoms with van der Waals surface area (Å²) >= 11 is 0. The molecule has 4 rings (SSSR count). The first-order valence-electron chi connectivity index (χ1n) is 10.4. The molecule has 2 nitrogen and oxygen atoms in total. The molecule has 136 valence electrons. The Labute approximate surface area is 152 Å². The van der Waals surface area contributed by atoms with E-state index < -0.39 is 0 Å². The SMILES string of the molecule is C[C@@]12C=CC=C1C1=CCC3CCCC[C@]3(CCCCC(N)=O)[C@H]1CC2. The van der Waals surface area contributed by atoms with Crippen molar-refractivity contribution in [1.82, 2.24) is 0 Å². The number of rotatable bonds is 5. The Balaban J connectivity index is 1.59. The van der Waals surface area contributed by atoms with E-state index in [1.807, 2.05) is 0 Å². The maximum Gasteiger partial charge on any atom is 0.217 e. The summed E-state index contributed by atoms with van der Waals surface area (Å²) in [6.07, 6.45) is 23.2. The van der Waals surface area contributed by atoms with Crippen LogP contribution in [0.1, 0.15) is 77.6 Å². The van der Waals surface area contributed by atoms with Gasteiger partial charge in [-0.25, -0.2) is 0 Å². The summed E-state index contributed by atoms with van der Waals surface area (Å²) in [5.74, 6) is 1.47. The summed E-state index contributed by atoms with van der Waals surface area (Å²) in [6, 6.07) is 0. The Morgan fingerprint density at radius 1 is 1.24 bits per heavy atom. The third-order valence-electron chi connectivity index (χ3n) is 7.87. The number of carbonyl (C=O) groups excluding carboxylic acids is 1. The van der Waals surface area contributed by atoms with Gasteiger partial charge in [0.25, 0.3) is 0 Å². The van der Waals surface area contributed by atoms with Crippen LogP contribution in [0.3, 0.4) is 0 Å². The highest BCUT2D eigenvalue weighted by Gasteiger charge is 2.52. The lowest BCUT2D eigenvalue weighted by Gasteiger charge is -2.56. The minimum atomic E-state index is -0.141. The van der Waals surface area contributed by atoms with E-state index in [1.54, 1.807) is 11.1 Å². The molecule has 0 aromatic carbocycles. The van der Waals surface area contributed by atoms with E-state index in [9.17, 15) is 4.79 Å². The molecule has 1 unspecified atom stereocenters. The van der Waals surface area contributed by atoms with Crippen molar-refractivity contribution in [2.75, 3.05) is 0 Å². The highest BCUT2D eigenvalue weighted by Crippen LogP contribution is 2.63. The van der Waals surface area contributed by atoms with E-state index >= 15 is 0 Å². The second-order valence-electron chi connectivity index (χ2n) is 9.19. The molecule has 2 saturated carbocycles. The molecule has 1 amide bonds. The minimum Gasteiger partial charge on any atom is -0.370 e. The fraction of sp³-hybridized carbons (Fsp3) is 0.696. The maximum absolute atomic E-state index is 11.1. The third-order valence-corrected chi connectivity index (χ3v) is 7.87. The second-order valence-corrected chi connectivity index (χ2v) is 9.19. The number of fused-ring (bicyclic) bond motifs is 5. The van der Waals surface area contributed by atoms with Crippen molar-refractivity contribution in [1.29, 1.82) is 0 Å². The zero-order valence-electron chi connectivity index (χ0n) is 15.7. The average Bonchev–Trinajstić information content (AvgIpc) is 3.00. The molecule has 0 heterocycles. The van der Waals surface area contributed by atoms with Gasteiger partial charge in [0.05, 0.1) is 0 Å². The molecule has 0 aliphatic heterocycles. The number of allylic oxidation sites excluding steroid dienone is 6. The monoisotopic (exact) mass is 339 g/mol. The molecule has 0 aromatic heterocycles. The van der Waals surface area contributed by atoms with Crippen LogP contribution < -0.4 is 5.73 Å². The number of primary amides is 1. The summed E-state index contributed by atoms with van der Waals surface area (Å²) in [7, 11) is 0. The Bertz CT molecular complexity index is 642. The minimum absolute atomic E-state index is 0.141. The van der Waals surface area contributed by atoms with Crippen LogP contribution in [-0.2, 0) is 4.79 Å². The quantitative estimate of drug-likeness (QED) is 0.665. The highest BCUT2D eigenvalue weighted by molar-refractivity contribution is 5.73. The fourth-order valence-corrected chi connectivity index (χ4v) is 6.59. The van der Waals surface area contributed by atoms with Crippen molar-refractivity contribution in [3.63, 3.8) is 0 Å². The van der Waals surface area contributed by atoms with Crippen LogP contribution in [0.5, 0.6) is 0 Å². The summed E-state index contributed by atoms with van der Waals surface area (Å²) in [5.41, 5.74) is 9.44. The molecule has 4 aliphatic rings. The Kier molecular flexibility index (Phi) is 4.42. The first-order chi connectivity index (χ1) is 12.1. The van der Waals surface area contributed by atoms with Crippen LogP contribution in [-0.4, -0.2) is 5.91 Å². The van der Waals surface area contributed by atoms with Crippen molar-refractivity contribution < 1.29 is 4.79 Å². The standard InChI is InChI=1S/C23H33NO/c1-22-13-6-8-19(22)18-11-10-17-7-2-4-14-23(17,20(18)12-16-22)15-5-3-9-21(24)25/h6,8,11,13,17,20H,2-5,7,9-10,12,14-16H2,1H3,(H2,24,25)/t17?,20-,22-,23+/m0/s1. The molecule has 0 aromatic rings. The van der Waals surface area contributed by atoms with Crippen LogP contribution in [0.25, 0.3) is 0 Å². The van der Waals surface area contributed by atoms with Gasteiger partial charge in [0.2, 0.25) is 5.91 Å². The summed E-state index contributed by atoms with van der Waals surface area (Å²) < 4.78 is 0. The van der Waals surface area contributed by atoms with Crippen LogP contribution in [0.15, 0.2) is 35.5 Å². The highest BCUT2D eigenvalue weighted by atomic mass is 16.1. The van der Waals surface area contributed by atoms with Gasteiger partial charge in [0.1, 0.15) is 0 Å². The molecular formula is C23H33NO. The van der Waals surface area contributed by atoms with E-state index in [0.29, 0.717) is 11.8 Å². The number of unbranched alkanes of at least 4 members (excludes halogenated alkanes) is 1. The normalized spacial score (nSPS) is 39.1. The number of carbonyl (C=O) groups is 1. The summed E-state index contributed by atoms with van der Waals surface area (Å²) in [5, 5.41) is 0. The van der Waals surface area contributed by atoms with E-state index in [-0.39, 0.29) is 11.3 Å². The van der Waals surface area contributed by atoms with Gasteiger partial charge in [-0.1, -0.05) is 50.5 Å². The van der Waals surface area contributed by atoms with Gasteiger partial charge in [0, 0.05) is 11.8 Å². The maximum atomic E-state index is 11.1. The average molecular weight is 340 g/mol. The molecule has 2 heteroatoms. The van der Waals surface area contributed by atoms with Gasteiger partial charge in [-0.15, -0.1) is 0 Å². The van der Waals surface area contributed by atoms with Crippen LogP contribution in [0.2, 0.25) is 0 Å². The second kappa shape index (κ2) is 6.45. The number of nitrogens with two attached hydrogens (primary N) is 1.